The van der Waals surface area contributed by atoms with Crippen molar-refractivity contribution in [3.05, 3.63) is 18.1 Å². The van der Waals surface area contributed by atoms with Gasteiger partial charge < -0.3 is 15.8 Å². The van der Waals surface area contributed by atoms with Crippen molar-refractivity contribution in [3.63, 3.8) is 0 Å². The number of hydrogen-bond donors (Lipinski definition) is 3. The van der Waals surface area contributed by atoms with Crippen LogP contribution < -0.4 is 11.1 Å². The molecule has 0 aromatic carbocycles. The van der Waals surface area contributed by atoms with E-state index in [-0.39, 0.29) is 0 Å². The highest BCUT2D eigenvalue weighted by Crippen LogP contribution is 2.19. The maximum atomic E-state index is 11.5. The standard InChI is InChI=1S/C14H20N6O2/c1-14(2,3)22-13(21)16-7-5-4-6-9-10-11(15)17-8-18-12(10)20-19-9/h4,6,8H,5,7H2,1-3H3,(H,16,21)(H3,15,17,18,19,20). The van der Waals surface area contributed by atoms with E-state index in [1.54, 1.807) is 0 Å². The van der Waals surface area contributed by atoms with Gasteiger partial charge in [0.2, 0.25) is 0 Å². The fourth-order valence-corrected chi connectivity index (χ4v) is 1.80. The number of alkyl carbamates (subject to hydrolysis) is 1. The van der Waals surface area contributed by atoms with Gasteiger partial charge in [-0.2, -0.15) is 5.10 Å². The van der Waals surface area contributed by atoms with Crippen molar-refractivity contribution in [2.24, 2.45) is 0 Å². The number of nitrogens with zero attached hydrogens (tertiary/aromatic N) is 3. The Hall–Kier alpha value is -2.64. The molecule has 0 spiro atoms. The lowest BCUT2D eigenvalue weighted by Crippen LogP contribution is -2.32. The van der Waals surface area contributed by atoms with Crippen LogP contribution in [0.1, 0.15) is 32.9 Å². The largest absolute Gasteiger partial charge is 0.444 e. The normalized spacial score (nSPS) is 12.0. The Balaban J connectivity index is 1.86. The summed E-state index contributed by atoms with van der Waals surface area (Å²) in [4.78, 5) is 19.4. The third-order valence-corrected chi connectivity index (χ3v) is 2.67. The predicted octanol–water partition coefficient (Wildman–Crippen LogP) is 1.86. The Morgan fingerprint density at radius 2 is 2.23 bits per heavy atom. The van der Waals surface area contributed by atoms with Gasteiger partial charge in [-0.05, 0) is 33.3 Å². The first kappa shape index (κ1) is 15.7. The summed E-state index contributed by atoms with van der Waals surface area (Å²) in [6.45, 7) is 5.94. The number of aromatic nitrogens is 4. The smallest absolute Gasteiger partial charge is 0.407 e. The first-order chi connectivity index (χ1) is 10.4. The summed E-state index contributed by atoms with van der Waals surface area (Å²) in [5.41, 5.74) is 6.59. The van der Waals surface area contributed by atoms with E-state index in [0.717, 1.165) is 5.69 Å². The van der Waals surface area contributed by atoms with Gasteiger partial charge in [0.05, 0.1) is 11.1 Å². The van der Waals surface area contributed by atoms with Gasteiger partial charge in [0, 0.05) is 6.54 Å². The number of H-pyrrole nitrogens is 1. The van der Waals surface area contributed by atoms with Gasteiger partial charge >= 0.3 is 6.09 Å². The second-order valence-electron chi connectivity index (χ2n) is 5.71. The molecule has 0 aliphatic carbocycles. The average molecular weight is 304 g/mol. The van der Waals surface area contributed by atoms with Gasteiger partial charge in [0.1, 0.15) is 17.7 Å². The molecule has 0 fully saturated rings. The molecule has 8 nitrogen and oxygen atoms in total. The van der Waals surface area contributed by atoms with Crippen LogP contribution in [0.2, 0.25) is 0 Å². The average Bonchev–Trinajstić information content (AvgIpc) is 2.81. The number of carbonyl (C=O) groups excluding carboxylic acids is 1. The number of rotatable bonds is 4. The quantitative estimate of drug-likeness (QED) is 0.742. The van der Waals surface area contributed by atoms with Crippen molar-refractivity contribution in [2.75, 3.05) is 12.3 Å². The zero-order valence-corrected chi connectivity index (χ0v) is 12.9. The van der Waals surface area contributed by atoms with Crippen molar-refractivity contribution in [2.45, 2.75) is 32.8 Å². The Morgan fingerprint density at radius 1 is 1.45 bits per heavy atom. The van der Waals surface area contributed by atoms with Crippen LogP contribution in [0.15, 0.2) is 12.4 Å². The minimum absolute atomic E-state index is 0.380. The summed E-state index contributed by atoms with van der Waals surface area (Å²) >= 11 is 0. The molecule has 0 aliphatic rings. The summed E-state index contributed by atoms with van der Waals surface area (Å²) in [7, 11) is 0. The molecule has 1 amide bonds. The number of ether oxygens (including phenoxy) is 1. The zero-order valence-electron chi connectivity index (χ0n) is 12.9. The van der Waals surface area contributed by atoms with Crippen LogP contribution in [0.5, 0.6) is 0 Å². The minimum atomic E-state index is -0.494. The highest BCUT2D eigenvalue weighted by molar-refractivity contribution is 5.92. The molecule has 0 saturated heterocycles. The molecule has 0 atom stereocenters. The van der Waals surface area contributed by atoms with Crippen molar-refractivity contribution in [1.82, 2.24) is 25.5 Å². The summed E-state index contributed by atoms with van der Waals surface area (Å²) in [5.74, 6) is 0.380. The van der Waals surface area contributed by atoms with Gasteiger partial charge in [-0.25, -0.2) is 14.8 Å². The van der Waals surface area contributed by atoms with Crippen LogP contribution in [-0.2, 0) is 4.74 Å². The van der Waals surface area contributed by atoms with Crippen LogP contribution in [0.3, 0.4) is 0 Å². The van der Waals surface area contributed by atoms with E-state index in [1.165, 1.54) is 6.33 Å². The fraction of sp³-hybridized carbons (Fsp3) is 0.429. The molecule has 2 heterocycles. The van der Waals surface area contributed by atoms with Crippen LogP contribution in [0.25, 0.3) is 17.1 Å². The molecule has 0 bridgehead atoms. The van der Waals surface area contributed by atoms with Gasteiger partial charge in [0.15, 0.2) is 5.65 Å². The number of nitrogens with one attached hydrogen (secondary N) is 2. The van der Waals surface area contributed by atoms with Crippen LogP contribution in [0, 0.1) is 0 Å². The first-order valence-electron chi connectivity index (χ1n) is 6.95. The second kappa shape index (κ2) is 6.42. The molecule has 8 heteroatoms. The summed E-state index contributed by atoms with van der Waals surface area (Å²) < 4.78 is 5.14. The van der Waals surface area contributed by atoms with Gasteiger partial charge in [-0.1, -0.05) is 6.08 Å². The molecule has 22 heavy (non-hydrogen) atoms. The Labute approximate surface area is 128 Å². The lowest BCUT2D eigenvalue weighted by molar-refractivity contribution is 0.0529. The molecule has 0 unspecified atom stereocenters. The minimum Gasteiger partial charge on any atom is -0.444 e. The summed E-state index contributed by atoms with van der Waals surface area (Å²) in [6, 6.07) is 0. The predicted molar refractivity (Wildman–Crippen MR) is 84.0 cm³/mol. The van der Waals surface area contributed by atoms with Crippen molar-refractivity contribution in [3.8, 4) is 0 Å². The number of amides is 1. The van der Waals surface area contributed by atoms with Crippen LogP contribution >= 0.6 is 0 Å². The van der Waals surface area contributed by atoms with Crippen molar-refractivity contribution < 1.29 is 9.53 Å². The molecule has 2 aromatic heterocycles. The van der Waals surface area contributed by atoms with E-state index in [2.05, 4.69) is 25.5 Å². The Kier molecular flexibility index (Phi) is 4.59. The molecule has 2 rings (SSSR count). The van der Waals surface area contributed by atoms with Gasteiger partial charge in [-0.15, -0.1) is 0 Å². The summed E-state index contributed by atoms with van der Waals surface area (Å²) in [6.07, 6.45) is 5.33. The number of anilines is 1. The topological polar surface area (TPSA) is 119 Å². The third kappa shape index (κ3) is 4.18. The summed E-state index contributed by atoms with van der Waals surface area (Å²) in [5, 5.41) is 10.3. The molecule has 4 N–H and O–H groups in total. The maximum absolute atomic E-state index is 11.5. The maximum Gasteiger partial charge on any atom is 0.407 e. The lowest BCUT2D eigenvalue weighted by Gasteiger charge is -2.19. The number of nitrogens with two attached hydrogens (primary N) is 1. The molecule has 2 aromatic rings. The highest BCUT2D eigenvalue weighted by Gasteiger charge is 2.15. The Morgan fingerprint density at radius 3 is 2.95 bits per heavy atom. The van der Waals surface area contributed by atoms with Gasteiger partial charge in [0.25, 0.3) is 0 Å². The number of nitrogen functional groups attached to an aromatic ring is 1. The molecule has 0 saturated carbocycles. The number of aromatic amines is 1. The van der Waals surface area contributed by atoms with Crippen molar-refractivity contribution in [1.29, 1.82) is 0 Å². The molecule has 118 valence electrons. The third-order valence-electron chi connectivity index (χ3n) is 2.67. The van der Waals surface area contributed by atoms with E-state index < -0.39 is 11.7 Å². The highest BCUT2D eigenvalue weighted by atomic mass is 16.6. The van der Waals surface area contributed by atoms with Gasteiger partial charge in [-0.3, -0.25) is 5.10 Å². The zero-order chi connectivity index (χ0) is 16.2. The Bertz CT molecular complexity index is 686. The van der Waals surface area contributed by atoms with E-state index in [1.807, 2.05) is 32.9 Å². The van der Waals surface area contributed by atoms with E-state index in [0.29, 0.717) is 29.8 Å². The van der Waals surface area contributed by atoms with Crippen molar-refractivity contribution >= 4 is 29.0 Å². The van der Waals surface area contributed by atoms with E-state index >= 15 is 0 Å². The van der Waals surface area contributed by atoms with Crippen LogP contribution in [0.4, 0.5) is 10.6 Å². The number of fused-ring (bicyclic) bond motifs is 1. The fourth-order valence-electron chi connectivity index (χ4n) is 1.80. The van der Waals surface area contributed by atoms with E-state index in [9.17, 15) is 4.79 Å². The molecule has 0 aliphatic heterocycles. The second-order valence-corrected chi connectivity index (χ2v) is 5.71. The molecular weight excluding hydrogens is 284 g/mol. The van der Waals surface area contributed by atoms with E-state index in [4.69, 9.17) is 10.5 Å². The van der Waals surface area contributed by atoms with Crippen LogP contribution in [-0.4, -0.2) is 38.4 Å². The number of carbonyl (C=O) groups is 1. The lowest BCUT2D eigenvalue weighted by atomic mass is 10.2. The number of hydrogen-bond acceptors (Lipinski definition) is 6. The molecular formula is C14H20N6O2. The SMILES string of the molecule is CC(C)(C)OC(=O)NCCC=Cc1[nH]nc2ncnc(N)c12. The monoisotopic (exact) mass is 304 g/mol. The molecule has 0 radical (unpaired) electrons. The first-order valence-corrected chi connectivity index (χ1v) is 6.95.